The van der Waals surface area contributed by atoms with Crippen molar-refractivity contribution in [3.05, 3.63) is 64.1 Å². The third kappa shape index (κ3) is 7.41. The lowest BCUT2D eigenvalue weighted by molar-refractivity contribution is -0.155. The first-order valence-corrected chi connectivity index (χ1v) is 14.5. The van der Waals surface area contributed by atoms with Gasteiger partial charge in [-0.15, -0.1) is 0 Å². The Morgan fingerprint density at radius 1 is 1.15 bits per heavy atom. The second kappa shape index (κ2) is 13.1. The minimum Gasteiger partial charge on any atom is -0.494 e. The molecule has 1 amide bonds. The van der Waals surface area contributed by atoms with Crippen LogP contribution in [0, 0.1) is 0 Å². The van der Waals surface area contributed by atoms with Gasteiger partial charge < -0.3 is 19.3 Å². The van der Waals surface area contributed by atoms with Gasteiger partial charge in [-0.1, -0.05) is 34.1 Å². The molecule has 2 aliphatic rings. The number of esters is 1. The third-order valence-electron chi connectivity index (χ3n) is 6.71. The highest BCUT2D eigenvalue weighted by Gasteiger charge is 2.54. The summed E-state index contributed by atoms with van der Waals surface area (Å²) >= 11 is 3.63. The number of aliphatic hydroxyl groups excluding tert-OH is 1. The first kappa shape index (κ1) is 30.0. The average molecular weight is 617 g/mol. The van der Waals surface area contributed by atoms with E-state index in [0.29, 0.717) is 30.2 Å². The van der Waals surface area contributed by atoms with Crippen LogP contribution in [0.5, 0.6) is 5.75 Å². The first-order chi connectivity index (χ1) is 19.1. The Hall–Kier alpha value is -2.95. The normalized spacial score (nSPS) is 21.0. The van der Waals surface area contributed by atoms with Crippen molar-refractivity contribution >= 4 is 33.7 Å². The van der Waals surface area contributed by atoms with Crippen molar-refractivity contribution < 1.29 is 28.9 Å². The Kier molecular flexibility index (Phi) is 9.86. The van der Waals surface area contributed by atoms with Gasteiger partial charge in [-0.25, -0.2) is 10.0 Å². The highest BCUT2D eigenvalue weighted by atomic mass is 79.9. The van der Waals surface area contributed by atoms with E-state index in [1.165, 1.54) is 0 Å². The Morgan fingerprint density at radius 3 is 2.50 bits per heavy atom. The van der Waals surface area contributed by atoms with Gasteiger partial charge >= 0.3 is 5.97 Å². The summed E-state index contributed by atoms with van der Waals surface area (Å²) in [6.07, 6.45) is 1.83. The summed E-state index contributed by atoms with van der Waals surface area (Å²) in [6, 6.07) is 14.8. The van der Waals surface area contributed by atoms with Gasteiger partial charge in [-0.3, -0.25) is 15.0 Å². The molecular weight excluding hydrogens is 578 g/mol. The molecular formula is C30H38BrN3O6. The smallest absolute Gasteiger partial charge is 0.306 e. The van der Waals surface area contributed by atoms with E-state index in [4.69, 9.17) is 24.3 Å². The molecule has 40 heavy (non-hydrogen) atoms. The lowest BCUT2D eigenvalue weighted by atomic mass is 9.83. The summed E-state index contributed by atoms with van der Waals surface area (Å²) < 4.78 is 18.5. The van der Waals surface area contributed by atoms with E-state index >= 15 is 0 Å². The molecule has 0 saturated carbocycles. The second-order valence-electron chi connectivity index (χ2n) is 11.0. The van der Waals surface area contributed by atoms with Gasteiger partial charge in [0, 0.05) is 48.1 Å². The fourth-order valence-electron chi connectivity index (χ4n) is 4.79. The monoisotopic (exact) mass is 615 g/mol. The van der Waals surface area contributed by atoms with Gasteiger partial charge in [0.25, 0.3) is 5.91 Å². The van der Waals surface area contributed by atoms with Gasteiger partial charge in [0.2, 0.25) is 5.90 Å². The van der Waals surface area contributed by atoms with Crippen LogP contribution in [0.2, 0.25) is 0 Å². The molecule has 0 aliphatic carbocycles. The molecule has 0 unspecified atom stereocenters. The number of hydrogen-bond donors (Lipinski definition) is 2. The second-order valence-corrected chi connectivity index (χ2v) is 11.9. The quantitative estimate of drug-likeness (QED) is 0.278. The molecule has 9 nitrogen and oxygen atoms in total. The maximum atomic E-state index is 14.1. The minimum atomic E-state index is -1.42. The number of amides is 1. The molecule has 2 N–H and O–H groups in total. The van der Waals surface area contributed by atoms with Crippen molar-refractivity contribution in [2.45, 2.75) is 70.1 Å². The molecule has 2 aromatic rings. The summed E-state index contributed by atoms with van der Waals surface area (Å²) in [5, 5.41) is 10.9. The molecule has 0 spiro atoms. The Balaban J connectivity index is 1.71. The number of hydrogen-bond acceptors (Lipinski definition) is 8. The van der Waals surface area contributed by atoms with E-state index in [1.54, 1.807) is 12.1 Å². The number of nitrogens with zero attached hydrogens (tertiary/aromatic N) is 2. The summed E-state index contributed by atoms with van der Waals surface area (Å²) in [6.45, 7) is 7.42. The molecule has 10 heteroatoms. The van der Waals surface area contributed by atoms with E-state index in [1.807, 2.05) is 62.2 Å². The lowest BCUT2D eigenvalue weighted by Gasteiger charge is -2.32. The predicted molar refractivity (Wildman–Crippen MR) is 155 cm³/mol. The summed E-state index contributed by atoms with van der Waals surface area (Å²) in [7, 11) is 0. The average Bonchev–Trinajstić information content (AvgIpc) is 3.56. The zero-order valence-electron chi connectivity index (χ0n) is 23.3. The summed E-state index contributed by atoms with van der Waals surface area (Å²) in [4.78, 5) is 31.9. The highest BCUT2D eigenvalue weighted by Crippen LogP contribution is 2.45. The first-order valence-electron chi connectivity index (χ1n) is 13.7. The number of nitrogens with one attached hydrogen (secondary N) is 1. The summed E-state index contributed by atoms with van der Waals surface area (Å²) in [5.41, 5.74) is 2.43. The molecule has 0 bridgehead atoms. The van der Waals surface area contributed by atoms with Gasteiger partial charge in [0.15, 0.2) is 11.6 Å². The molecule has 0 aromatic heterocycles. The lowest BCUT2D eigenvalue weighted by Crippen LogP contribution is -2.53. The van der Waals surface area contributed by atoms with Crippen LogP contribution in [0.3, 0.4) is 0 Å². The number of aliphatic hydroxyl groups is 1. The molecule has 1 saturated heterocycles. The van der Waals surface area contributed by atoms with Crippen molar-refractivity contribution in [1.82, 2.24) is 10.4 Å². The zero-order chi connectivity index (χ0) is 28.8. The van der Waals surface area contributed by atoms with Crippen molar-refractivity contribution in [2.75, 3.05) is 26.3 Å². The molecule has 4 rings (SSSR count). The van der Waals surface area contributed by atoms with Crippen LogP contribution in [-0.2, 0) is 19.1 Å². The fraction of sp³-hybridized carbons (Fsp3) is 0.500. The van der Waals surface area contributed by atoms with E-state index in [9.17, 15) is 9.59 Å². The maximum absolute atomic E-state index is 14.1. The number of carbonyl (C=O) groups is 2. The van der Waals surface area contributed by atoms with Gasteiger partial charge in [-0.2, -0.15) is 0 Å². The Bertz CT molecular complexity index is 1210. The topological polar surface area (TPSA) is 110 Å². The number of rotatable bonds is 11. The molecule has 2 heterocycles. The largest absolute Gasteiger partial charge is 0.494 e. The van der Waals surface area contributed by atoms with Crippen LogP contribution >= 0.6 is 15.9 Å². The number of carbonyl (C=O) groups excluding carboxylic acids is 2. The van der Waals surface area contributed by atoms with E-state index in [0.717, 1.165) is 36.0 Å². The van der Waals surface area contributed by atoms with Crippen LogP contribution in [0.4, 0.5) is 0 Å². The minimum absolute atomic E-state index is 0.0105. The number of aliphatic imine (C=N–C) groups is 1. The molecule has 0 radical (unpaired) electrons. The maximum Gasteiger partial charge on any atom is 0.306 e. The van der Waals surface area contributed by atoms with Gasteiger partial charge in [0.1, 0.15) is 11.4 Å². The SMILES string of the molecule is CC(C)(C)OC(=O)CC[C@]1(C(=O)NN2CCCC2)N=C(c2ccc(OCCCO)cc2)O[C@H]1c1ccccc1Br. The van der Waals surface area contributed by atoms with Crippen molar-refractivity contribution in [3.63, 3.8) is 0 Å². The van der Waals surface area contributed by atoms with Crippen molar-refractivity contribution in [2.24, 2.45) is 4.99 Å². The van der Waals surface area contributed by atoms with Crippen LogP contribution < -0.4 is 10.2 Å². The van der Waals surface area contributed by atoms with Crippen molar-refractivity contribution in [1.29, 1.82) is 0 Å². The van der Waals surface area contributed by atoms with Crippen LogP contribution in [-0.4, -0.2) is 65.3 Å². The highest BCUT2D eigenvalue weighted by molar-refractivity contribution is 9.10. The number of ether oxygens (including phenoxy) is 3. The molecule has 2 aliphatic heterocycles. The van der Waals surface area contributed by atoms with E-state index < -0.39 is 23.2 Å². The number of halogens is 1. The predicted octanol–water partition coefficient (Wildman–Crippen LogP) is 4.72. The fourth-order valence-corrected chi connectivity index (χ4v) is 5.28. The number of benzene rings is 2. The van der Waals surface area contributed by atoms with E-state index in [2.05, 4.69) is 21.4 Å². The zero-order valence-corrected chi connectivity index (χ0v) is 24.9. The standard InChI is InChI=1S/C30H38BrN3O6/c1-29(2,3)40-25(36)15-16-30(28(37)33-34-17-6-7-18-34)26(23-9-4-5-10-24(23)31)39-27(32-30)21-11-13-22(14-12-21)38-20-8-19-35/h4-5,9-14,26,35H,6-8,15-20H2,1-3H3,(H,33,37)/t26-,30-/m0/s1. The molecule has 216 valence electrons. The Labute approximate surface area is 244 Å². The summed E-state index contributed by atoms with van der Waals surface area (Å²) in [5.74, 6) is 0.238. The molecule has 1 fully saturated rings. The number of hydrazine groups is 1. The van der Waals surface area contributed by atoms with Crippen LogP contribution in [0.15, 0.2) is 58.0 Å². The molecule has 2 aromatic carbocycles. The Morgan fingerprint density at radius 2 is 1.85 bits per heavy atom. The van der Waals surface area contributed by atoms with Gasteiger partial charge in [0.05, 0.1) is 6.61 Å². The van der Waals surface area contributed by atoms with Crippen molar-refractivity contribution in [3.8, 4) is 5.75 Å². The third-order valence-corrected chi connectivity index (χ3v) is 7.44. The van der Waals surface area contributed by atoms with E-state index in [-0.39, 0.29) is 25.4 Å². The van der Waals surface area contributed by atoms with Crippen LogP contribution in [0.1, 0.15) is 70.1 Å². The molecule has 2 atom stereocenters. The van der Waals surface area contributed by atoms with Crippen LogP contribution in [0.25, 0.3) is 0 Å². The van der Waals surface area contributed by atoms with Gasteiger partial charge in [-0.05, 0) is 70.4 Å².